The molecule has 0 aliphatic rings. The van der Waals surface area contributed by atoms with Gasteiger partial charge in [-0.15, -0.1) is 0 Å². The SMILES string of the molecule is COc1ccc(C(=Cc2c(Cl)cncc2Cl)OC(=O)Cc2ccccc2)cc1OC. The molecule has 0 amide bonds. The quantitative estimate of drug-likeness (QED) is 0.346. The Kier molecular flexibility index (Phi) is 7.33. The highest BCUT2D eigenvalue weighted by molar-refractivity contribution is 6.37. The molecule has 5 nitrogen and oxygen atoms in total. The van der Waals surface area contributed by atoms with E-state index in [9.17, 15) is 4.79 Å². The van der Waals surface area contributed by atoms with Crippen LogP contribution < -0.4 is 9.47 Å². The van der Waals surface area contributed by atoms with Crippen molar-refractivity contribution in [2.45, 2.75) is 6.42 Å². The molecule has 0 fully saturated rings. The lowest BCUT2D eigenvalue weighted by Crippen LogP contribution is -2.08. The largest absolute Gasteiger partial charge is 0.493 e. The highest BCUT2D eigenvalue weighted by Crippen LogP contribution is 2.33. The van der Waals surface area contributed by atoms with Crippen LogP contribution in [0.25, 0.3) is 11.8 Å². The van der Waals surface area contributed by atoms with Crippen molar-refractivity contribution in [3.05, 3.63) is 87.7 Å². The van der Waals surface area contributed by atoms with E-state index < -0.39 is 5.97 Å². The molecule has 0 spiro atoms. The lowest BCUT2D eigenvalue weighted by Gasteiger charge is -2.13. The van der Waals surface area contributed by atoms with Gasteiger partial charge >= 0.3 is 5.97 Å². The fourth-order valence-corrected chi connectivity index (χ4v) is 3.25. The number of carbonyl (C=O) groups excluding carboxylic acids is 1. The molecule has 0 unspecified atom stereocenters. The maximum Gasteiger partial charge on any atom is 0.315 e. The lowest BCUT2D eigenvalue weighted by molar-refractivity contribution is -0.135. The van der Waals surface area contributed by atoms with Crippen LogP contribution in [0.3, 0.4) is 0 Å². The van der Waals surface area contributed by atoms with Gasteiger partial charge in [0.25, 0.3) is 0 Å². The van der Waals surface area contributed by atoms with E-state index in [4.69, 9.17) is 37.4 Å². The molecule has 3 rings (SSSR count). The number of nitrogens with zero attached hydrogens (tertiary/aromatic N) is 1. The maximum absolute atomic E-state index is 12.6. The molecule has 154 valence electrons. The van der Waals surface area contributed by atoms with Crippen LogP contribution >= 0.6 is 23.2 Å². The number of ether oxygens (including phenoxy) is 3. The molecule has 0 bridgehead atoms. The van der Waals surface area contributed by atoms with Gasteiger partial charge in [-0.05, 0) is 29.8 Å². The molecule has 0 aliphatic heterocycles. The molecule has 1 aromatic heterocycles. The van der Waals surface area contributed by atoms with Crippen molar-refractivity contribution in [1.29, 1.82) is 0 Å². The van der Waals surface area contributed by atoms with E-state index in [1.165, 1.54) is 19.5 Å². The van der Waals surface area contributed by atoms with Gasteiger partial charge in [0.2, 0.25) is 0 Å². The summed E-state index contributed by atoms with van der Waals surface area (Å²) in [4.78, 5) is 16.6. The van der Waals surface area contributed by atoms with Crippen molar-refractivity contribution in [3.63, 3.8) is 0 Å². The molecular formula is C23H19Cl2NO4. The number of hydrogen-bond acceptors (Lipinski definition) is 5. The van der Waals surface area contributed by atoms with Gasteiger partial charge in [0, 0.05) is 23.5 Å². The minimum atomic E-state index is -0.427. The Morgan fingerprint density at radius 1 is 0.967 bits per heavy atom. The van der Waals surface area contributed by atoms with E-state index >= 15 is 0 Å². The van der Waals surface area contributed by atoms with Crippen LogP contribution in [-0.2, 0) is 16.0 Å². The first-order valence-electron chi connectivity index (χ1n) is 8.99. The summed E-state index contributed by atoms with van der Waals surface area (Å²) in [6.45, 7) is 0. The van der Waals surface area contributed by atoms with Gasteiger partial charge in [-0.2, -0.15) is 0 Å². The van der Waals surface area contributed by atoms with Crippen LogP contribution in [0.5, 0.6) is 11.5 Å². The Balaban J connectivity index is 2.01. The highest BCUT2D eigenvalue weighted by atomic mass is 35.5. The number of esters is 1. The van der Waals surface area contributed by atoms with Gasteiger partial charge in [-0.1, -0.05) is 53.5 Å². The second kappa shape index (κ2) is 10.1. The number of hydrogen-bond donors (Lipinski definition) is 0. The second-order valence-electron chi connectivity index (χ2n) is 6.23. The maximum atomic E-state index is 12.6. The minimum Gasteiger partial charge on any atom is -0.493 e. The molecule has 0 N–H and O–H groups in total. The molecule has 0 atom stereocenters. The van der Waals surface area contributed by atoms with Gasteiger partial charge in [0.05, 0.1) is 30.7 Å². The van der Waals surface area contributed by atoms with Crippen LogP contribution in [0.2, 0.25) is 10.0 Å². The molecule has 30 heavy (non-hydrogen) atoms. The summed E-state index contributed by atoms with van der Waals surface area (Å²) in [7, 11) is 3.08. The average Bonchev–Trinajstić information content (AvgIpc) is 2.75. The number of rotatable bonds is 7. The molecule has 3 aromatic rings. The van der Waals surface area contributed by atoms with E-state index in [0.29, 0.717) is 32.7 Å². The zero-order valence-corrected chi connectivity index (χ0v) is 17.9. The average molecular weight is 444 g/mol. The van der Waals surface area contributed by atoms with Gasteiger partial charge in [0.15, 0.2) is 11.5 Å². The smallest absolute Gasteiger partial charge is 0.315 e. The van der Waals surface area contributed by atoms with Crippen LogP contribution in [0.15, 0.2) is 60.9 Å². The van der Waals surface area contributed by atoms with E-state index in [-0.39, 0.29) is 12.2 Å². The van der Waals surface area contributed by atoms with Crippen molar-refractivity contribution >= 4 is 41.0 Å². The number of carbonyl (C=O) groups is 1. The van der Waals surface area contributed by atoms with E-state index in [1.54, 1.807) is 31.4 Å². The minimum absolute atomic E-state index is 0.114. The summed E-state index contributed by atoms with van der Waals surface area (Å²) in [5.41, 5.74) is 1.93. The standard InChI is InChI=1S/C23H19Cl2NO4/c1-28-20-9-8-16(11-22(20)29-2)21(12-17-18(24)13-26-14-19(17)25)30-23(27)10-15-6-4-3-5-7-15/h3-9,11-14H,10H2,1-2H3. The van der Waals surface area contributed by atoms with E-state index in [0.717, 1.165) is 5.56 Å². The molecular weight excluding hydrogens is 425 g/mol. The lowest BCUT2D eigenvalue weighted by atomic mass is 10.1. The van der Waals surface area contributed by atoms with Crippen LogP contribution in [0.1, 0.15) is 16.7 Å². The Morgan fingerprint density at radius 3 is 2.27 bits per heavy atom. The summed E-state index contributed by atoms with van der Waals surface area (Å²) in [6.07, 6.45) is 4.66. The molecule has 0 saturated heterocycles. The highest BCUT2D eigenvalue weighted by Gasteiger charge is 2.16. The predicted molar refractivity (Wildman–Crippen MR) is 118 cm³/mol. The van der Waals surface area contributed by atoms with Gasteiger partial charge in [0.1, 0.15) is 5.76 Å². The zero-order valence-electron chi connectivity index (χ0n) is 16.4. The van der Waals surface area contributed by atoms with E-state index in [1.807, 2.05) is 30.3 Å². The van der Waals surface area contributed by atoms with Crippen molar-refractivity contribution < 1.29 is 19.0 Å². The van der Waals surface area contributed by atoms with Crippen LogP contribution in [0.4, 0.5) is 0 Å². The number of aromatic nitrogens is 1. The monoisotopic (exact) mass is 443 g/mol. The molecule has 2 aromatic carbocycles. The van der Waals surface area contributed by atoms with Gasteiger partial charge < -0.3 is 14.2 Å². The van der Waals surface area contributed by atoms with Crippen molar-refractivity contribution in [2.24, 2.45) is 0 Å². The predicted octanol–water partition coefficient (Wildman–Crippen LogP) is 5.69. The van der Waals surface area contributed by atoms with Crippen LogP contribution in [-0.4, -0.2) is 25.2 Å². The normalized spacial score (nSPS) is 11.1. The second-order valence-corrected chi connectivity index (χ2v) is 7.05. The molecule has 1 heterocycles. The van der Waals surface area contributed by atoms with E-state index in [2.05, 4.69) is 4.98 Å². The Bertz CT molecular complexity index is 1050. The number of methoxy groups -OCH3 is 2. The first-order valence-corrected chi connectivity index (χ1v) is 9.75. The third kappa shape index (κ3) is 5.32. The Morgan fingerprint density at radius 2 is 1.63 bits per heavy atom. The Labute approximate surface area is 184 Å². The number of benzene rings is 2. The summed E-state index contributed by atoms with van der Waals surface area (Å²) >= 11 is 12.5. The summed E-state index contributed by atoms with van der Waals surface area (Å²) in [5, 5.41) is 0.666. The number of pyridine rings is 1. The third-order valence-electron chi connectivity index (χ3n) is 4.25. The van der Waals surface area contributed by atoms with Gasteiger partial charge in [-0.25, -0.2) is 0 Å². The van der Waals surface area contributed by atoms with Gasteiger partial charge in [-0.3, -0.25) is 9.78 Å². The number of halogens is 2. The first-order chi connectivity index (χ1) is 14.5. The molecule has 7 heteroatoms. The third-order valence-corrected chi connectivity index (χ3v) is 4.85. The van der Waals surface area contributed by atoms with Crippen LogP contribution in [0, 0.1) is 0 Å². The molecule has 0 radical (unpaired) electrons. The molecule has 0 aliphatic carbocycles. The zero-order chi connectivity index (χ0) is 21.5. The molecule has 0 saturated carbocycles. The Hall–Kier alpha value is -3.02. The first kappa shape index (κ1) is 21.7. The summed E-state index contributed by atoms with van der Waals surface area (Å²) in [6, 6.07) is 14.5. The summed E-state index contributed by atoms with van der Waals surface area (Å²) in [5.74, 6) is 0.888. The topological polar surface area (TPSA) is 57.7 Å². The fourth-order valence-electron chi connectivity index (χ4n) is 2.77. The fraction of sp³-hybridized carbons (Fsp3) is 0.130. The van der Waals surface area contributed by atoms with Crippen molar-refractivity contribution in [1.82, 2.24) is 4.98 Å². The van der Waals surface area contributed by atoms with Crippen molar-refractivity contribution in [2.75, 3.05) is 14.2 Å². The van der Waals surface area contributed by atoms with Crippen molar-refractivity contribution in [3.8, 4) is 11.5 Å². The summed E-state index contributed by atoms with van der Waals surface area (Å²) < 4.78 is 16.4.